The Morgan fingerprint density at radius 3 is 2.77 bits per heavy atom. The van der Waals surface area contributed by atoms with Gasteiger partial charge < -0.3 is 4.84 Å². The summed E-state index contributed by atoms with van der Waals surface area (Å²) in [7, 11) is 1.47. The second-order valence-electron chi connectivity index (χ2n) is 2.48. The zero-order chi connectivity index (χ0) is 9.84. The molecular weight excluding hydrogens is 237 g/mol. The van der Waals surface area contributed by atoms with Crippen molar-refractivity contribution < 1.29 is 9.23 Å². The van der Waals surface area contributed by atoms with Gasteiger partial charge in [0.05, 0.1) is 5.71 Å². The van der Waals surface area contributed by atoms with E-state index in [0.29, 0.717) is 10.2 Å². The van der Waals surface area contributed by atoms with Gasteiger partial charge in [-0.3, -0.25) is 0 Å². The van der Waals surface area contributed by atoms with Crippen molar-refractivity contribution >= 4 is 21.6 Å². The van der Waals surface area contributed by atoms with E-state index in [9.17, 15) is 4.39 Å². The molecule has 0 spiro atoms. The van der Waals surface area contributed by atoms with E-state index < -0.39 is 0 Å². The Labute approximate surface area is 84.5 Å². The SMILES string of the molecule is CON=C(C)c1ccc(F)cc1Br. The molecule has 0 aliphatic heterocycles. The van der Waals surface area contributed by atoms with Crippen molar-refractivity contribution in [3.63, 3.8) is 0 Å². The minimum atomic E-state index is -0.277. The third-order valence-corrected chi connectivity index (χ3v) is 2.21. The molecule has 0 N–H and O–H groups in total. The molecule has 0 atom stereocenters. The van der Waals surface area contributed by atoms with E-state index >= 15 is 0 Å². The molecule has 0 aromatic heterocycles. The molecule has 1 aromatic rings. The van der Waals surface area contributed by atoms with Crippen LogP contribution in [-0.4, -0.2) is 12.8 Å². The first-order valence-electron chi connectivity index (χ1n) is 3.68. The Kier molecular flexibility index (Phi) is 3.42. The summed E-state index contributed by atoms with van der Waals surface area (Å²) in [4.78, 5) is 4.62. The number of hydrogen-bond donors (Lipinski definition) is 0. The van der Waals surface area contributed by atoms with E-state index in [-0.39, 0.29) is 5.82 Å². The maximum atomic E-state index is 12.7. The summed E-state index contributed by atoms with van der Waals surface area (Å²) in [6.07, 6.45) is 0. The summed E-state index contributed by atoms with van der Waals surface area (Å²) in [6, 6.07) is 4.43. The van der Waals surface area contributed by atoms with Crippen LogP contribution in [0.25, 0.3) is 0 Å². The molecule has 0 aliphatic rings. The van der Waals surface area contributed by atoms with Crippen molar-refractivity contribution in [1.29, 1.82) is 0 Å². The van der Waals surface area contributed by atoms with Crippen LogP contribution < -0.4 is 0 Å². The number of oxime groups is 1. The average Bonchev–Trinajstić information content (AvgIpc) is 2.04. The van der Waals surface area contributed by atoms with Crippen LogP contribution in [0.2, 0.25) is 0 Å². The second-order valence-corrected chi connectivity index (χ2v) is 3.34. The van der Waals surface area contributed by atoms with Gasteiger partial charge in [0.1, 0.15) is 12.9 Å². The molecule has 0 aliphatic carbocycles. The van der Waals surface area contributed by atoms with Gasteiger partial charge in [0.25, 0.3) is 0 Å². The molecule has 0 unspecified atom stereocenters. The van der Waals surface area contributed by atoms with Crippen LogP contribution in [0, 0.1) is 5.82 Å². The molecule has 1 rings (SSSR count). The van der Waals surface area contributed by atoms with Gasteiger partial charge in [-0.25, -0.2) is 4.39 Å². The second kappa shape index (κ2) is 4.37. The van der Waals surface area contributed by atoms with Gasteiger partial charge in [-0.1, -0.05) is 21.1 Å². The summed E-state index contributed by atoms with van der Waals surface area (Å²) >= 11 is 3.24. The smallest absolute Gasteiger partial charge is 0.124 e. The summed E-state index contributed by atoms with van der Waals surface area (Å²) in [5, 5.41) is 3.75. The van der Waals surface area contributed by atoms with Crippen molar-refractivity contribution in [1.82, 2.24) is 0 Å². The van der Waals surface area contributed by atoms with E-state index in [2.05, 4.69) is 25.9 Å². The largest absolute Gasteiger partial charge is 0.399 e. The standard InChI is InChI=1S/C9H9BrFNO/c1-6(12-13-2)8-4-3-7(11)5-9(8)10/h3-5H,1-2H3. The predicted octanol–water partition coefficient (Wildman–Crippen LogP) is 2.96. The lowest BCUT2D eigenvalue weighted by Crippen LogP contribution is -1.97. The van der Waals surface area contributed by atoms with Gasteiger partial charge in [0.15, 0.2) is 0 Å². The Hall–Kier alpha value is -0.900. The third-order valence-electron chi connectivity index (χ3n) is 1.55. The molecule has 0 saturated carbocycles. The van der Waals surface area contributed by atoms with Crippen molar-refractivity contribution in [2.24, 2.45) is 5.16 Å². The highest BCUT2D eigenvalue weighted by Crippen LogP contribution is 2.18. The van der Waals surface area contributed by atoms with Gasteiger partial charge in [0, 0.05) is 10.0 Å². The van der Waals surface area contributed by atoms with Gasteiger partial charge in [0.2, 0.25) is 0 Å². The van der Waals surface area contributed by atoms with Crippen molar-refractivity contribution in [3.8, 4) is 0 Å². The van der Waals surface area contributed by atoms with E-state index in [4.69, 9.17) is 0 Å². The number of rotatable bonds is 2. The molecule has 0 fully saturated rings. The minimum Gasteiger partial charge on any atom is -0.399 e. The monoisotopic (exact) mass is 245 g/mol. The van der Waals surface area contributed by atoms with Gasteiger partial charge in [-0.2, -0.15) is 0 Å². The molecule has 0 saturated heterocycles. The summed E-state index contributed by atoms with van der Waals surface area (Å²) in [5.41, 5.74) is 1.53. The fourth-order valence-corrected chi connectivity index (χ4v) is 1.61. The predicted molar refractivity (Wildman–Crippen MR) is 53.3 cm³/mol. The molecule has 4 heteroatoms. The molecule has 1 aromatic carbocycles. The molecule has 0 radical (unpaired) electrons. The van der Waals surface area contributed by atoms with Crippen molar-refractivity contribution in [2.75, 3.05) is 7.11 Å². The summed E-state index contributed by atoms with van der Waals surface area (Å²) in [6.45, 7) is 1.79. The average molecular weight is 246 g/mol. The van der Waals surface area contributed by atoms with Crippen LogP contribution in [0.3, 0.4) is 0 Å². The molecule has 0 amide bonds. The Balaban J connectivity index is 3.09. The quantitative estimate of drug-likeness (QED) is 0.580. The van der Waals surface area contributed by atoms with Gasteiger partial charge in [-0.15, -0.1) is 0 Å². The van der Waals surface area contributed by atoms with E-state index in [1.807, 2.05) is 0 Å². The van der Waals surface area contributed by atoms with Crippen LogP contribution in [0.5, 0.6) is 0 Å². The third kappa shape index (κ3) is 2.52. The number of halogens is 2. The molecule has 2 nitrogen and oxygen atoms in total. The van der Waals surface area contributed by atoms with E-state index in [1.54, 1.807) is 13.0 Å². The lowest BCUT2D eigenvalue weighted by molar-refractivity contribution is 0.213. The zero-order valence-corrected chi connectivity index (χ0v) is 8.93. The van der Waals surface area contributed by atoms with E-state index in [0.717, 1.165) is 5.56 Å². The molecule has 70 valence electrons. The van der Waals surface area contributed by atoms with Crippen LogP contribution in [0.4, 0.5) is 4.39 Å². The molecule has 0 bridgehead atoms. The summed E-state index contributed by atoms with van der Waals surface area (Å²) in [5.74, 6) is -0.277. The number of benzene rings is 1. The first kappa shape index (κ1) is 10.2. The van der Waals surface area contributed by atoms with Crippen LogP contribution in [0.15, 0.2) is 27.8 Å². The van der Waals surface area contributed by atoms with E-state index in [1.165, 1.54) is 19.2 Å². The number of nitrogens with zero attached hydrogens (tertiary/aromatic N) is 1. The highest BCUT2D eigenvalue weighted by atomic mass is 79.9. The fraction of sp³-hybridized carbons (Fsp3) is 0.222. The fourth-order valence-electron chi connectivity index (χ4n) is 0.969. The first-order valence-corrected chi connectivity index (χ1v) is 4.47. The molecule has 13 heavy (non-hydrogen) atoms. The Morgan fingerprint density at radius 2 is 2.23 bits per heavy atom. The summed E-state index contributed by atoms with van der Waals surface area (Å²) < 4.78 is 13.4. The zero-order valence-electron chi connectivity index (χ0n) is 7.34. The van der Waals surface area contributed by atoms with Gasteiger partial charge >= 0.3 is 0 Å². The Bertz CT molecular complexity index is 338. The van der Waals surface area contributed by atoms with Crippen LogP contribution in [0.1, 0.15) is 12.5 Å². The number of hydrogen-bond acceptors (Lipinski definition) is 2. The lowest BCUT2D eigenvalue weighted by Gasteiger charge is -2.02. The van der Waals surface area contributed by atoms with Crippen molar-refractivity contribution in [3.05, 3.63) is 34.1 Å². The highest BCUT2D eigenvalue weighted by molar-refractivity contribution is 9.10. The topological polar surface area (TPSA) is 21.6 Å². The Morgan fingerprint density at radius 1 is 1.54 bits per heavy atom. The molecule has 0 heterocycles. The normalized spacial score (nSPS) is 11.5. The van der Waals surface area contributed by atoms with Crippen molar-refractivity contribution in [2.45, 2.75) is 6.92 Å². The minimum absolute atomic E-state index is 0.277. The molecular formula is C9H9BrFNO. The first-order chi connectivity index (χ1) is 6.15. The van der Waals surface area contributed by atoms with Crippen LogP contribution in [-0.2, 0) is 4.84 Å². The lowest BCUT2D eigenvalue weighted by atomic mass is 10.1. The maximum absolute atomic E-state index is 12.7. The van der Waals surface area contributed by atoms with Gasteiger partial charge in [-0.05, 0) is 25.1 Å². The highest BCUT2D eigenvalue weighted by Gasteiger charge is 2.04. The van der Waals surface area contributed by atoms with Crippen LogP contribution >= 0.6 is 15.9 Å². The maximum Gasteiger partial charge on any atom is 0.124 e.